The Morgan fingerprint density at radius 1 is 1.24 bits per heavy atom. The maximum atomic E-state index is 12.9. The molecule has 112 valence electrons. The van der Waals surface area contributed by atoms with Crippen molar-refractivity contribution in [2.24, 2.45) is 23.2 Å². The Hall–Kier alpha value is -0.900. The second-order valence-electron chi connectivity index (χ2n) is 7.47. The monoisotopic (exact) mass is 348 g/mol. The van der Waals surface area contributed by atoms with Gasteiger partial charge in [0.25, 0.3) is 0 Å². The summed E-state index contributed by atoms with van der Waals surface area (Å²) < 4.78 is 0.982. The van der Waals surface area contributed by atoms with Gasteiger partial charge in [0.2, 0.25) is 5.91 Å². The first-order chi connectivity index (χ1) is 10.0. The van der Waals surface area contributed by atoms with Gasteiger partial charge in [0.15, 0.2) is 0 Å². The zero-order chi connectivity index (χ0) is 14.6. The fourth-order valence-corrected chi connectivity index (χ4v) is 5.46. The fraction of sp³-hybridized carbons (Fsp3) is 0.647. The maximum Gasteiger partial charge on any atom is 0.231 e. The summed E-state index contributed by atoms with van der Waals surface area (Å²) in [6.45, 7) is 2.02. The summed E-state index contributed by atoms with van der Waals surface area (Å²) in [6.07, 6.45) is 9.15. The number of hydrogen-bond acceptors (Lipinski definition) is 2. The number of aromatic nitrogens is 1. The highest BCUT2D eigenvalue weighted by atomic mass is 79.9. The SMILES string of the molecule is Cc1cc(NC(=O)C23CC4CC(CC(C4)C2)C3)ncc1Br. The van der Waals surface area contributed by atoms with E-state index in [9.17, 15) is 4.79 Å². The average Bonchev–Trinajstić information content (AvgIpc) is 2.41. The van der Waals surface area contributed by atoms with E-state index in [1.807, 2.05) is 13.0 Å². The third-order valence-electron chi connectivity index (χ3n) is 5.81. The molecule has 21 heavy (non-hydrogen) atoms. The van der Waals surface area contributed by atoms with Crippen LogP contribution < -0.4 is 5.32 Å². The normalized spacial score (nSPS) is 36.8. The molecule has 4 saturated carbocycles. The van der Waals surface area contributed by atoms with Gasteiger partial charge in [-0.2, -0.15) is 0 Å². The Kier molecular flexibility index (Phi) is 3.14. The molecule has 4 aliphatic carbocycles. The predicted molar refractivity (Wildman–Crippen MR) is 85.9 cm³/mol. The molecule has 4 heteroatoms. The minimum absolute atomic E-state index is 0.0998. The smallest absolute Gasteiger partial charge is 0.231 e. The summed E-state index contributed by atoms with van der Waals surface area (Å²) in [5.41, 5.74) is 1.00. The molecule has 5 rings (SSSR count). The van der Waals surface area contributed by atoms with Crippen molar-refractivity contribution in [3.63, 3.8) is 0 Å². The Balaban J connectivity index is 1.56. The maximum absolute atomic E-state index is 12.9. The van der Waals surface area contributed by atoms with Crippen LogP contribution in [0.4, 0.5) is 5.82 Å². The molecule has 1 aromatic heterocycles. The third-order valence-corrected chi connectivity index (χ3v) is 6.64. The van der Waals surface area contributed by atoms with Crippen molar-refractivity contribution >= 4 is 27.7 Å². The van der Waals surface area contributed by atoms with Crippen molar-refractivity contribution in [2.75, 3.05) is 5.32 Å². The van der Waals surface area contributed by atoms with Crippen LogP contribution in [0.25, 0.3) is 0 Å². The van der Waals surface area contributed by atoms with E-state index in [0.717, 1.165) is 47.1 Å². The van der Waals surface area contributed by atoms with Crippen molar-refractivity contribution in [1.82, 2.24) is 4.98 Å². The zero-order valence-electron chi connectivity index (χ0n) is 12.4. The van der Waals surface area contributed by atoms with Gasteiger partial charge in [-0.3, -0.25) is 4.79 Å². The van der Waals surface area contributed by atoms with Gasteiger partial charge in [-0.1, -0.05) is 0 Å². The van der Waals surface area contributed by atoms with Crippen LogP contribution in [-0.2, 0) is 4.79 Å². The molecule has 0 saturated heterocycles. The van der Waals surface area contributed by atoms with Crippen LogP contribution in [-0.4, -0.2) is 10.9 Å². The predicted octanol–water partition coefficient (Wildman–Crippen LogP) is 4.31. The van der Waals surface area contributed by atoms with Crippen LogP contribution in [0.2, 0.25) is 0 Å². The molecule has 3 nitrogen and oxygen atoms in total. The van der Waals surface area contributed by atoms with Crippen LogP contribution in [0.5, 0.6) is 0 Å². The standard InChI is InChI=1S/C17H21BrN2O/c1-10-2-15(19-9-14(10)18)20-16(21)17-6-11-3-12(7-17)5-13(4-11)8-17/h2,9,11-13H,3-8H2,1H3,(H,19,20,21). The molecule has 1 N–H and O–H groups in total. The van der Waals surface area contributed by atoms with Gasteiger partial charge in [0, 0.05) is 10.7 Å². The first kappa shape index (κ1) is 13.7. The van der Waals surface area contributed by atoms with E-state index in [1.165, 1.54) is 19.3 Å². The summed E-state index contributed by atoms with van der Waals surface area (Å²) in [7, 11) is 0. The van der Waals surface area contributed by atoms with E-state index in [-0.39, 0.29) is 11.3 Å². The molecular weight excluding hydrogens is 328 g/mol. The molecule has 0 unspecified atom stereocenters. The average molecular weight is 349 g/mol. The van der Waals surface area contributed by atoms with Crippen molar-refractivity contribution in [2.45, 2.75) is 45.4 Å². The Morgan fingerprint density at radius 2 is 1.81 bits per heavy atom. The van der Waals surface area contributed by atoms with Gasteiger partial charge in [0.1, 0.15) is 5.82 Å². The zero-order valence-corrected chi connectivity index (χ0v) is 13.9. The number of anilines is 1. The molecule has 0 aromatic carbocycles. The molecule has 0 aliphatic heterocycles. The van der Waals surface area contributed by atoms with Crippen LogP contribution >= 0.6 is 15.9 Å². The van der Waals surface area contributed by atoms with Crippen molar-refractivity contribution in [1.29, 1.82) is 0 Å². The molecular formula is C17H21BrN2O. The van der Waals surface area contributed by atoms with E-state index in [2.05, 4.69) is 26.2 Å². The molecule has 0 spiro atoms. The van der Waals surface area contributed by atoms with Crippen LogP contribution in [0.15, 0.2) is 16.7 Å². The van der Waals surface area contributed by atoms with Gasteiger partial charge in [-0.25, -0.2) is 4.98 Å². The van der Waals surface area contributed by atoms with Gasteiger partial charge in [-0.15, -0.1) is 0 Å². The lowest BCUT2D eigenvalue weighted by molar-refractivity contribution is -0.140. The number of rotatable bonds is 2. The van der Waals surface area contributed by atoms with E-state index >= 15 is 0 Å². The van der Waals surface area contributed by atoms with Gasteiger partial charge >= 0.3 is 0 Å². The lowest BCUT2D eigenvalue weighted by Gasteiger charge is -2.55. The van der Waals surface area contributed by atoms with Crippen molar-refractivity contribution in [3.8, 4) is 0 Å². The van der Waals surface area contributed by atoms with Crippen molar-refractivity contribution in [3.05, 3.63) is 22.3 Å². The second-order valence-corrected chi connectivity index (χ2v) is 8.33. The molecule has 4 aliphatic rings. The molecule has 1 aromatic rings. The Bertz CT molecular complexity index is 563. The molecule has 1 heterocycles. The number of nitrogens with one attached hydrogen (secondary N) is 1. The van der Waals surface area contributed by atoms with Gasteiger partial charge < -0.3 is 5.32 Å². The quantitative estimate of drug-likeness (QED) is 0.865. The number of aryl methyl sites for hydroxylation is 1. The number of nitrogens with zero attached hydrogens (tertiary/aromatic N) is 1. The lowest BCUT2D eigenvalue weighted by Crippen LogP contribution is -2.51. The highest BCUT2D eigenvalue weighted by Crippen LogP contribution is 2.60. The van der Waals surface area contributed by atoms with E-state index < -0.39 is 0 Å². The molecule has 4 bridgehead atoms. The number of carbonyl (C=O) groups is 1. The van der Waals surface area contributed by atoms with Gasteiger partial charge in [-0.05, 0) is 90.8 Å². The van der Waals surface area contributed by atoms with E-state index in [0.29, 0.717) is 5.82 Å². The van der Waals surface area contributed by atoms with Crippen LogP contribution in [0.3, 0.4) is 0 Å². The van der Waals surface area contributed by atoms with E-state index in [1.54, 1.807) is 6.20 Å². The Morgan fingerprint density at radius 3 is 2.33 bits per heavy atom. The highest BCUT2D eigenvalue weighted by molar-refractivity contribution is 9.10. The summed E-state index contributed by atoms with van der Waals surface area (Å²) in [6, 6.07) is 1.95. The van der Waals surface area contributed by atoms with Crippen LogP contribution in [0.1, 0.15) is 44.1 Å². The number of halogens is 1. The topological polar surface area (TPSA) is 42.0 Å². The largest absolute Gasteiger partial charge is 0.310 e. The fourth-order valence-electron chi connectivity index (χ4n) is 5.25. The summed E-state index contributed by atoms with van der Waals surface area (Å²) >= 11 is 3.45. The van der Waals surface area contributed by atoms with E-state index in [4.69, 9.17) is 0 Å². The minimum Gasteiger partial charge on any atom is -0.310 e. The Labute approximate surface area is 134 Å². The van der Waals surface area contributed by atoms with Crippen LogP contribution in [0, 0.1) is 30.1 Å². The summed E-state index contributed by atoms with van der Waals surface area (Å²) in [5.74, 6) is 3.29. The third kappa shape index (κ3) is 2.32. The highest BCUT2D eigenvalue weighted by Gasteiger charge is 2.54. The molecule has 0 radical (unpaired) electrons. The molecule has 0 atom stereocenters. The number of hydrogen-bond donors (Lipinski definition) is 1. The lowest BCUT2D eigenvalue weighted by atomic mass is 9.49. The summed E-state index contributed by atoms with van der Waals surface area (Å²) in [4.78, 5) is 17.2. The number of amides is 1. The van der Waals surface area contributed by atoms with Gasteiger partial charge in [0.05, 0.1) is 5.41 Å². The minimum atomic E-state index is -0.0998. The number of pyridine rings is 1. The first-order valence-corrected chi connectivity index (χ1v) is 8.77. The summed E-state index contributed by atoms with van der Waals surface area (Å²) in [5, 5.41) is 3.10. The second kappa shape index (κ2) is 4.80. The molecule has 4 fully saturated rings. The number of carbonyl (C=O) groups excluding carboxylic acids is 1. The van der Waals surface area contributed by atoms with Crippen molar-refractivity contribution < 1.29 is 4.79 Å². The molecule has 1 amide bonds. The first-order valence-electron chi connectivity index (χ1n) is 7.98.